The predicted molar refractivity (Wildman–Crippen MR) is 64.2 cm³/mol. The highest BCUT2D eigenvalue weighted by atomic mass is 16.4. The molecule has 1 fully saturated rings. The van der Waals surface area contributed by atoms with E-state index in [4.69, 9.17) is 0 Å². The van der Waals surface area contributed by atoms with Crippen molar-refractivity contribution in [2.45, 2.75) is 26.7 Å². The van der Waals surface area contributed by atoms with Gasteiger partial charge in [0.05, 0.1) is 5.41 Å². The zero-order valence-corrected chi connectivity index (χ0v) is 10.6. The number of aryl methyl sites for hydroxylation is 1. The van der Waals surface area contributed by atoms with Gasteiger partial charge in [0.1, 0.15) is 5.69 Å². The average Bonchev–Trinajstić information content (AvgIpc) is 2.75. The van der Waals surface area contributed by atoms with E-state index in [-0.39, 0.29) is 12.5 Å². The highest BCUT2D eigenvalue weighted by Gasteiger charge is 2.39. The van der Waals surface area contributed by atoms with Gasteiger partial charge < -0.3 is 10.0 Å². The highest BCUT2D eigenvalue weighted by molar-refractivity contribution is 5.93. The van der Waals surface area contributed by atoms with Crippen LogP contribution in [-0.2, 0) is 4.79 Å². The number of carbonyl (C=O) groups is 2. The molecule has 6 nitrogen and oxygen atoms in total. The number of likely N-dealkylation sites (tertiary alicyclic amines) is 1. The molecule has 6 heteroatoms. The van der Waals surface area contributed by atoms with E-state index in [1.54, 1.807) is 17.9 Å². The van der Waals surface area contributed by atoms with E-state index < -0.39 is 11.4 Å². The number of nitrogens with zero attached hydrogens (tertiary/aromatic N) is 2. The van der Waals surface area contributed by atoms with E-state index in [0.29, 0.717) is 25.1 Å². The van der Waals surface area contributed by atoms with Crippen LogP contribution in [-0.4, -0.2) is 45.2 Å². The molecular formula is C12H17N3O3. The van der Waals surface area contributed by atoms with Crippen molar-refractivity contribution in [3.63, 3.8) is 0 Å². The van der Waals surface area contributed by atoms with Gasteiger partial charge in [-0.2, -0.15) is 5.10 Å². The van der Waals surface area contributed by atoms with Crippen LogP contribution in [0.4, 0.5) is 0 Å². The number of carboxylic acids is 1. The summed E-state index contributed by atoms with van der Waals surface area (Å²) in [6.45, 7) is 4.34. The minimum Gasteiger partial charge on any atom is -0.481 e. The highest BCUT2D eigenvalue weighted by Crippen LogP contribution is 2.30. The van der Waals surface area contributed by atoms with Gasteiger partial charge in [0, 0.05) is 18.8 Å². The van der Waals surface area contributed by atoms with Crippen molar-refractivity contribution in [3.8, 4) is 0 Å². The number of hydrogen-bond acceptors (Lipinski definition) is 3. The monoisotopic (exact) mass is 251 g/mol. The zero-order chi connectivity index (χ0) is 13.3. The average molecular weight is 251 g/mol. The molecule has 0 spiro atoms. The molecule has 0 radical (unpaired) electrons. The Hall–Kier alpha value is -1.85. The topological polar surface area (TPSA) is 86.3 Å². The summed E-state index contributed by atoms with van der Waals surface area (Å²) in [7, 11) is 0. The van der Waals surface area contributed by atoms with E-state index in [2.05, 4.69) is 10.2 Å². The number of carbonyl (C=O) groups excluding carboxylic acids is 1. The minimum atomic E-state index is -0.849. The van der Waals surface area contributed by atoms with Crippen LogP contribution >= 0.6 is 0 Å². The standard InChI is InChI=1S/C12H17N3O3/c1-8-6-9(14-13-8)10(16)15-5-3-4-12(2,7-15)11(17)18/h6H,3-5,7H2,1-2H3,(H,13,14)(H,17,18). The normalized spacial score (nSPS) is 24.0. The maximum Gasteiger partial charge on any atom is 0.311 e. The first-order chi connectivity index (χ1) is 8.42. The van der Waals surface area contributed by atoms with Crippen LogP contribution in [0.15, 0.2) is 6.07 Å². The minimum absolute atomic E-state index is 0.202. The van der Waals surface area contributed by atoms with Crippen molar-refractivity contribution >= 4 is 11.9 Å². The smallest absolute Gasteiger partial charge is 0.311 e. The summed E-state index contributed by atoms with van der Waals surface area (Å²) < 4.78 is 0. The Bertz CT molecular complexity index is 483. The summed E-state index contributed by atoms with van der Waals surface area (Å²) in [6, 6.07) is 1.68. The van der Waals surface area contributed by atoms with Crippen molar-refractivity contribution in [2.24, 2.45) is 5.41 Å². The van der Waals surface area contributed by atoms with Crippen LogP contribution < -0.4 is 0 Å². The molecule has 1 atom stereocenters. The quantitative estimate of drug-likeness (QED) is 0.822. The first-order valence-electron chi connectivity index (χ1n) is 5.97. The summed E-state index contributed by atoms with van der Waals surface area (Å²) in [5, 5.41) is 15.9. The Labute approximate surface area is 105 Å². The first kappa shape index (κ1) is 12.6. The molecule has 1 amide bonds. The second kappa shape index (κ2) is 4.44. The number of H-pyrrole nitrogens is 1. The number of aromatic amines is 1. The lowest BCUT2D eigenvalue weighted by atomic mass is 9.82. The number of nitrogens with one attached hydrogen (secondary N) is 1. The van der Waals surface area contributed by atoms with E-state index in [1.807, 2.05) is 6.92 Å². The Morgan fingerprint density at radius 3 is 2.83 bits per heavy atom. The fourth-order valence-electron chi connectivity index (χ4n) is 2.28. The fourth-order valence-corrected chi connectivity index (χ4v) is 2.28. The van der Waals surface area contributed by atoms with Crippen molar-refractivity contribution in [1.82, 2.24) is 15.1 Å². The molecule has 1 aromatic heterocycles. The van der Waals surface area contributed by atoms with E-state index in [1.165, 1.54) is 0 Å². The van der Waals surface area contributed by atoms with Gasteiger partial charge in [-0.1, -0.05) is 0 Å². The van der Waals surface area contributed by atoms with Gasteiger partial charge in [-0.15, -0.1) is 0 Å². The van der Waals surface area contributed by atoms with Crippen LogP contribution in [0, 0.1) is 12.3 Å². The molecule has 1 aliphatic heterocycles. The Morgan fingerprint density at radius 2 is 2.28 bits per heavy atom. The Balaban J connectivity index is 2.14. The van der Waals surface area contributed by atoms with Crippen molar-refractivity contribution in [2.75, 3.05) is 13.1 Å². The molecule has 18 heavy (non-hydrogen) atoms. The number of rotatable bonds is 2. The summed E-state index contributed by atoms with van der Waals surface area (Å²) in [5.41, 5.74) is 0.317. The van der Waals surface area contributed by atoms with Gasteiger partial charge in [0.25, 0.3) is 5.91 Å². The van der Waals surface area contributed by atoms with Crippen LogP contribution in [0.3, 0.4) is 0 Å². The van der Waals surface area contributed by atoms with Crippen LogP contribution in [0.5, 0.6) is 0 Å². The Morgan fingerprint density at radius 1 is 1.56 bits per heavy atom. The van der Waals surface area contributed by atoms with Gasteiger partial charge in [-0.3, -0.25) is 14.7 Å². The van der Waals surface area contributed by atoms with Crippen LogP contribution in [0.1, 0.15) is 35.9 Å². The van der Waals surface area contributed by atoms with E-state index in [9.17, 15) is 14.7 Å². The number of amides is 1. The van der Waals surface area contributed by atoms with E-state index in [0.717, 1.165) is 5.69 Å². The predicted octanol–water partition coefficient (Wildman–Crippen LogP) is 1.05. The molecule has 0 aromatic carbocycles. The summed E-state index contributed by atoms with van der Waals surface area (Å²) in [4.78, 5) is 25.0. The van der Waals surface area contributed by atoms with Gasteiger partial charge >= 0.3 is 5.97 Å². The molecule has 1 aromatic rings. The maximum absolute atomic E-state index is 12.2. The number of aromatic nitrogens is 2. The van der Waals surface area contributed by atoms with E-state index >= 15 is 0 Å². The molecule has 0 saturated carbocycles. The third-order valence-electron chi connectivity index (χ3n) is 3.42. The molecule has 2 rings (SSSR count). The van der Waals surface area contributed by atoms with Crippen LogP contribution in [0.2, 0.25) is 0 Å². The molecule has 2 heterocycles. The second-order valence-electron chi connectivity index (χ2n) is 5.13. The SMILES string of the molecule is Cc1cc(C(=O)N2CCCC(C)(C(=O)O)C2)n[nH]1. The van der Waals surface area contributed by atoms with Crippen molar-refractivity contribution in [1.29, 1.82) is 0 Å². The Kier molecular flexibility index (Phi) is 3.11. The lowest BCUT2D eigenvalue weighted by molar-refractivity contribution is -0.150. The van der Waals surface area contributed by atoms with Crippen molar-refractivity contribution in [3.05, 3.63) is 17.5 Å². The summed E-state index contributed by atoms with van der Waals surface area (Å²) >= 11 is 0. The van der Waals surface area contributed by atoms with Gasteiger partial charge in [0.2, 0.25) is 0 Å². The molecule has 2 N–H and O–H groups in total. The third-order valence-corrected chi connectivity index (χ3v) is 3.42. The second-order valence-corrected chi connectivity index (χ2v) is 5.13. The third kappa shape index (κ3) is 2.23. The first-order valence-corrected chi connectivity index (χ1v) is 5.97. The molecule has 1 saturated heterocycles. The number of carboxylic acid groups (broad SMARTS) is 1. The molecule has 98 valence electrons. The lowest BCUT2D eigenvalue weighted by Crippen LogP contribution is -2.48. The summed E-state index contributed by atoms with van der Waals surface area (Å²) in [6.07, 6.45) is 1.31. The number of hydrogen-bond donors (Lipinski definition) is 2. The lowest BCUT2D eigenvalue weighted by Gasteiger charge is -2.37. The van der Waals surface area contributed by atoms with Crippen molar-refractivity contribution < 1.29 is 14.7 Å². The van der Waals surface area contributed by atoms with Gasteiger partial charge in [0.15, 0.2) is 0 Å². The fraction of sp³-hybridized carbons (Fsp3) is 0.583. The molecule has 1 aliphatic rings. The molecule has 1 unspecified atom stereocenters. The molecular weight excluding hydrogens is 234 g/mol. The molecule has 0 bridgehead atoms. The number of piperidine rings is 1. The largest absolute Gasteiger partial charge is 0.481 e. The zero-order valence-electron chi connectivity index (χ0n) is 10.6. The van der Waals surface area contributed by atoms with Crippen LogP contribution in [0.25, 0.3) is 0 Å². The van der Waals surface area contributed by atoms with Gasteiger partial charge in [-0.05, 0) is 32.8 Å². The number of aliphatic carboxylic acids is 1. The molecule has 0 aliphatic carbocycles. The maximum atomic E-state index is 12.2. The summed E-state index contributed by atoms with van der Waals surface area (Å²) in [5.74, 6) is -1.05. The van der Waals surface area contributed by atoms with Gasteiger partial charge in [-0.25, -0.2) is 0 Å².